The van der Waals surface area contributed by atoms with Crippen molar-refractivity contribution in [2.45, 2.75) is 50.6 Å². The molecule has 4 heteroatoms. The molecule has 0 aromatic rings. The van der Waals surface area contributed by atoms with E-state index in [4.69, 9.17) is 5.11 Å². The average Bonchev–Trinajstić information content (AvgIpc) is 2.01. The van der Waals surface area contributed by atoms with E-state index < -0.39 is 0 Å². The third kappa shape index (κ3) is 6.05. The van der Waals surface area contributed by atoms with Gasteiger partial charge < -0.3 is 10.4 Å². The predicted molar refractivity (Wildman–Crippen MR) is 56.9 cm³/mol. The van der Waals surface area contributed by atoms with Gasteiger partial charge in [-0.3, -0.25) is 4.79 Å². The van der Waals surface area contributed by atoms with Gasteiger partial charge in [-0.25, -0.2) is 0 Å². The van der Waals surface area contributed by atoms with Crippen LogP contribution in [0.4, 0.5) is 0 Å². The standard InChI is InChI=1S/C9H18BrNO2/c1-4-8(10)9(13)11-6(2)5-7(3)12/h6-8,12H,4-5H2,1-3H3,(H,11,13). The SMILES string of the molecule is CCC(Br)C(=O)NC(C)CC(C)O. The van der Waals surface area contributed by atoms with E-state index in [1.54, 1.807) is 6.92 Å². The van der Waals surface area contributed by atoms with E-state index in [2.05, 4.69) is 21.2 Å². The number of hydrogen-bond donors (Lipinski definition) is 2. The van der Waals surface area contributed by atoms with Crippen LogP contribution < -0.4 is 5.32 Å². The zero-order valence-corrected chi connectivity index (χ0v) is 9.97. The Bertz CT molecular complexity index is 162. The number of nitrogens with one attached hydrogen (secondary N) is 1. The minimum absolute atomic E-state index is 0.00403. The number of aliphatic hydroxyl groups is 1. The Balaban J connectivity index is 3.77. The summed E-state index contributed by atoms with van der Waals surface area (Å²) in [5, 5.41) is 11.9. The Kier molecular flexibility index (Phi) is 6.33. The fourth-order valence-corrected chi connectivity index (χ4v) is 1.22. The molecule has 0 rings (SSSR count). The van der Waals surface area contributed by atoms with Crippen LogP contribution in [0.3, 0.4) is 0 Å². The number of hydrogen-bond acceptors (Lipinski definition) is 2. The molecule has 0 aliphatic carbocycles. The Labute approximate surface area is 88.0 Å². The van der Waals surface area contributed by atoms with E-state index in [1.165, 1.54) is 0 Å². The normalized spacial score (nSPS) is 17.6. The molecule has 1 amide bonds. The number of carbonyl (C=O) groups excluding carboxylic acids is 1. The van der Waals surface area contributed by atoms with E-state index >= 15 is 0 Å². The minimum atomic E-state index is -0.370. The van der Waals surface area contributed by atoms with Crippen LogP contribution >= 0.6 is 15.9 Å². The number of amides is 1. The molecule has 0 aliphatic heterocycles. The maximum absolute atomic E-state index is 11.3. The quantitative estimate of drug-likeness (QED) is 0.727. The molecule has 0 aliphatic rings. The fourth-order valence-electron chi connectivity index (χ4n) is 1.09. The van der Waals surface area contributed by atoms with Gasteiger partial charge in [0, 0.05) is 6.04 Å². The van der Waals surface area contributed by atoms with Crippen molar-refractivity contribution in [3.05, 3.63) is 0 Å². The third-order valence-electron chi connectivity index (χ3n) is 1.73. The van der Waals surface area contributed by atoms with Crippen LogP contribution in [0, 0.1) is 0 Å². The zero-order chi connectivity index (χ0) is 10.4. The summed E-state index contributed by atoms with van der Waals surface area (Å²) >= 11 is 3.26. The second kappa shape index (κ2) is 6.38. The van der Waals surface area contributed by atoms with Crippen LogP contribution in [-0.4, -0.2) is 28.0 Å². The van der Waals surface area contributed by atoms with Gasteiger partial charge in [-0.15, -0.1) is 0 Å². The van der Waals surface area contributed by atoms with Gasteiger partial charge in [0.25, 0.3) is 0 Å². The second-order valence-corrected chi connectivity index (χ2v) is 4.48. The van der Waals surface area contributed by atoms with Crippen LogP contribution in [0.1, 0.15) is 33.6 Å². The summed E-state index contributed by atoms with van der Waals surface area (Å²) in [5.74, 6) is -0.00403. The Morgan fingerprint density at radius 2 is 2.08 bits per heavy atom. The topological polar surface area (TPSA) is 49.3 Å². The molecule has 0 aromatic carbocycles. The molecule has 3 unspecified atom stereocenters. The van der Waals surface area contributed by atoms with Crippen molar-refractivity contribution < 1.29 is 9.90 Å². The number of halogens is 1. The van der Waals surface area contributed by atoms with Gasteiger partial charge >= 0.3 is 0 Å². The maximum Gasteiger partial charge on any atom is 0.233 e. The van der Waals surface area contributed by atoms with Gasteiger partial charge in [0.05, 0.1) is 10.9 Å². The van der Waals surface area contributed by atoms with Crippen molar-refractivity contribution in [2.75, 3.05) is 0 Å². The molecule has 13 heavy (non-hydrogen) atoms. The van der Waals surface area contributed by atoms with Crippen molar-refractivity contribution in [3.63, 3.8) is 0 Å². The summed E-state index contributed by atoms with van der Waals surface area (Å²) in [6, 6.07) is 0.0269. The maximum atomic E-state index is 11.3. The average molecular weight is 252 g/mol. The fraction of sp³-hybridized carbons (Fsp3) is 0.889. The highest BCUT2D eigenvalue weighted by atomic mass is 79.9. The van der Waals surface area contributed by atoms with Gasteiger partial charge in [0.2, 0.25) is 5.91 Å². The summed E-state index contributed by atoms with van der Waals surface area (Å²) in [6.07, 6.45) is 0.994. The lowest BCUT2D eigenvalue weighted by molar-refractivity contribution is -0.121. The lowest BCUT2D eigenvalue weighted by atomic mass is 10.1. The van der Waals surface area contributed by atoms with Gasteiger partial charge in [-0.05, 0) is 26.7 Å². The predicted octanol–water partition coefficient (Wildman–Crippen LogP) is 1.44. The highest BCUT2D eigenvalue weighted by Crippen LogP contribution is 2.05. The number of rotatable bonds is 5. The number of carbonyl (C=O) groups is 1. The Morgan fingerprint density at radius 3 is 2.46 bits per heavy atom. The highest BCUT2D eigenvalue weighted by Gasteiger charge is 2.15. The molecule has 3 atom stereocenters. The van der Waals surface area contributed by atoms with Crippen LogP contribution in [-0.2, 0) is 4.79 Å². The first kappa shape index (κ1) is 12.9. The smallest absolute Gasteiger partial charge is 0.233 e. The largest absolute Gasteiger partial charge is 0.393 e. The van der Waals surface area contributed by atoms with Crippen LogP contribution in [0.5, 0.6) is 0 Å². The van der Waals surface area contributed by atoms with E-state index in [0.717, 1.165) is 6.42 Å². The molecule has 2 N–H and O–H groups in total. The number of aliphatic hydroxyl groups excluding tert-OH is 1. The molecule has 0 fully saturated rings. The summed E-state index contributed by atoms with van der Waals surface area (Å²) in [6.45, 7) is 5.55. The molecule has 0 saturated carbocycles. The summed E-state index contributed by atoms with van der Waals surface area (Å²) in [7, 11) is 0. The van der Waals surface area contributed by atoms with Crippen molar-refractivity contribution in [1.29, 1.82) is 0 Å². The zero-order valence-electron chi connectivity index (χ0n) is 8.38. The second-order valence-electron chi connectivity index (χ2n) is 3.37. The third-order valence-corrected chi connectivity index (χ3v) is 2.79. The van der Waals surface area contributed by atoms with Gasteiger partial charge in [-0.1, -0.05) is 22.9 Å². The van der Waals surface area contributed by atoms with Gasteiger partial charge in [-0.2, -0.15) is 0 Å². The van der Waals surface area contributed by atoms with Crippen molar-refractivity contribution in [3.8, 4) is 0 Å². The summed E-state index contributed by atoms with van der Waals surface area (Å²) < 4.78 is 0. The number of alkyl halides is 1. The lowest BCUT2D eigenvalue weighted by Crippen LogP contribution is -2.38. The molecule has 0 aromatic heterocycles. The van der Waals surface area contributed by atoms with E-state index in [9.17, 15) is 4.79 Å². The molecule has 0 spiro atoms. The summed E-state index contributed by atoms with van der Waals surface area (Å²) in [5.41, 5.74) is 0. The van der Waals surface area contributed by atoms with Crippen LogP contribution in [0.15, 0.2) is 0 Å². The molecule has 0 bridgehead atoms. The summed E-state index contributed by atoms with van der Waals surface area (Å²) in [4.78, 5) is 11.2. The molecule has 0 saturated heterocycles. The molecule has 3 nitrogen and oxygen atoms in total. The molecular weight excluding hydrogens is 234 g/mol. The molecule has 78 valence electrons. The van der Waals surface area contributed by atoms with Gasteiger partial charge in [0.1, 0.15) is 0 Å². The first-order valence-corrected chi connectivity index (χ1v) is 5.51. The van der Waals surface area contributed by atoms with Crippen molar-refractivity contribution >= 4 is 21.8 Å². The Morgan fingerprint density at radius 1 is 1.54 bits per heavy atom. The van der Waals surface area contributed by atoms with Crippen molar-refractivity contribution in [1.82, 2.24) is 5.32 Å². The molecular formula is C9H18BrNO2. The molecule has 0 heterocycles. The van der Waals surface area contributed by atoms with E-state index in [0.29, 0.717) is 6.42 Å². The first-order chi connectivity index (χ1) is 5.97. The Hall–Kier alpha value is -0.0900. The van der Waals surface area contributed by atoms with E-state index in [1.807, 2.05) is 13.8 Å². The minimum Gasteiger partial charge on any atom is -0.393 e. The monoisotopic (exact) mass is 251 g/mol. The van der Waals surface area contributed by atoms with Crippen molar-refractivity contribution in [2.24, 2.45) is 0 Å². The first-order valence-electron chi connectivity index (χ1n) is 4.59. The highest BCUT2D eigenvalue weighted by molar-refractivity contribution is 9.10. The lowest BCUT2D eigenvalue weighted by Gasteiger charge is -2.17. The van der Waals surface area contributed by atoms with Gasteiger partial charge in [0.15, 0.2) is 0 Å². The van der Waals surface area contributed by atoms with Crippen LogP contribution in [0.2, 0.25) is 0 Å². The van der Waals surface area contributed by atoms with E-state index in [-0.39, 0.29) is 22.9 Å². The molecule has 0 radical (unpaired) electrons. The van der Waals surface area contributed by atoms with Crippen LogP contribution in [0.25, 0.3) is 0 Å².